The minimum atomic E-state index is -0.299. The number of nitrogens with zero attached hydrogens (tertiary/aromatic N) is 2. The van der Waals surface area contributed by atoms with Crippen LogP contribution in [0.2, 0.25) is 0 Å². The van der Waals surface area contributed by atoms with Gasteiger partial charge < -0.3 is 4.74 Å². The molecule has 0 aliphatic heterocycles. The molecule has 0 radical (unpaired) electrons. The van der Waals surface area contributed by atoms with Crippen molar-refractivity contribution in [2.45, 2.75) is 0 Å². The minimum absolute atomic E-state index is 0.299. The third kappa shape index (κ3) is 3.64. The van der Waals surface area contributed by atoms with E-state index in [2.05, 4.69) is 15.5 Å². The number of benzene rings is 1. The smallest absolute Gasteiger partial charge is 0.272 e. The number of amides is 1. The normalized spacial score (nSPS) is 10.4. The summed E-state index contributed by atoms with van der Waals surface area (Å²) in [4.78, 5) is 15.5. The molecule has 1 amide bonds. The van der Waals surface area contributed by atoms with E-state index in [1.54, 1.807) is 31.7 Å². The summed E-state index contributed by atoms with van der Waals surface area (Å²) in [5.41, 5.74) is 3.74. The fraction of sp³-hybridized carbons (Fsp3) is 0.0714. The third-order valence-corrected chi connectivity index (χ3v) is 2.40. The quantitative estimate of drug-likeness (QED) is 0.670. The first-order chi connectivity index (χ1) is 9.29. The molecule has 0 saturated carbocycles. The van der Waals surface area contributed by atoms with Crippen LogP contribution in [0.1, 0.15) is 15.9 Å². The first kappa shape index (κ1) is 12.8. The molecule has 1 aromatic heterocycles. The van der Waals surface area contributed by atoms with Crippen LogP contribution in [-0.4, -0.2) is 24.2 Å². The molecule has 0 atom stereocenters. The van der Waals surface area contributed by atoms with Crippen molar-refractivity contribution in [3.8, 4) is 5.75 Å². The van der Waals surface area contributed by atoms with Gasteiger partial charge in [-0.15, -0.1) is 0 Å². The van der Waals surface area contributed by atoms with Gasteiger partial charge in [0.1, 0.15) is 5.75 Å². The van der Waals surface area contributed by atoms with Crippen LogP contribution in [0.4, 0.5) is 0 Å². The Labute approximate surface area is 110 Å². The molecule has 0 bridgehead atoms. The van der Waals surface area contributed by atoms with Gasteiger partial charge in [0, 0.05) is 12.4 Å². The predicted molar refractivity (Wildman–Crippen MR) is 72.3 cm³/mol. The van der Waals surface area contributed by atoms with E-state index < -0.39 is 0 Å². The highest BCUT2D eigenvalue weighted by molar-refractivity contribution is 5.94. The van der Waals surface area contributed by atoms with E-state index in [9.17, 15) is 4.79 Å². The van der Waals surface area contributed by atoms with Crippen molar-refractivity contribution in [3.05, 3.63) is 59.9 Å². The molecule has 96 valence electrons. The molecular weight excluding hydrogens is 242 g/mol. The van der Waals surface area contributed by atoms with Gasteiger partial charge in [0.2, 0.25) is 0 Å². The number of rotatable bonds is 4. The van der Waals surface area contributed by atoms with Crippen LogP contribution in [0.15, 0.2) is 53.9 Å². The van der Waals surface area contributed by atoms with Gasteiger partial charge in [-0.25, -0.2) is 5.43 Å². The molecule has 0 saturated heterocycles. The Balaban J connectivity index is 1.98. The Hall–Kier alpha value is -2.69. The average molecular weight is 255 g/mol. The second kappa shape index (κ2) is 6.30. The summed E-state index contributed by atoms with van der Waals surface area (Å²) in [6.07, 6.45) is 4.64. The monoisotopic (exact) mass is 255 g/mol. The Morgan fingerprint density at radius 3 is 3.00 bits per heavy atom. The maximum Gasteiger partial charge on any atom is 0.272 e. The van der Waals surface area contributed by atoms with Gasteiger partial charge in [-0.1, -0.05) is 12.1 Å². The number of hydrogen-bond donors (Lipinski definition) is 1. The zero-order valence-electron chi connectivity index (χ0n) is 10.4. The zero-order valence-corrected chi connectivity index (χ0v) is 10.4. The van der Waals surface area contributed by atoms with Crippen LogP contribution in [0.5, 0.6) is 5.75 Å². The van der Waals surface area contributed by atoms with Gasteiger partial charge in [-0.2, -0.15) is 5.10 Å². The number of aromatic nitrogens is 1. The number of hydrogen-bond acceptors (Lipinski definition) is 4. The summed E-state index contributed by atoms with van der Waals surface area (Å²) in [6.45, 7) is 0. The lowest BCUT2D eigenvalue weighted by Gasteiger charge is -2.00. The molecule has 0 aliphatic carbocycles. The molecule has 0 unspecified atom stereocenters. The van der Waals surface area contributed by atoms with Gasteiger partial charge in [-0.05, 0) is 29.8 Å². The maximum atomic E-state index is 11.7. The lowest BCUT2D eigenvalue weighted by atomic mass is 10.2. The number of nitrogens with one attached hydrogen (secondary N) is 1. The standard InChI is InChI=1S/C14H13N3O2/c1-19-13-6-2-4-11(8-13)9-16-17-14(18)12-5-3-7-15-10-12/h2-10H,1H3,(H,17,18). The zero-order chi connectivity index (χ0) is 13.5. The van der Waals surface area contributed by atoms with Crippen molar-refractivity contribution in [2.75, 3.05) is 7.11 Å². The predicted octanol–water partition coefficient (Wildman–Crippen LogP) is 1.85. The fourth-order valence-corrected chi connectivity index (χ4v) is 1.45. The molecule has 2 aromatic rings. The van der Waals surface area contributed by atoms with Crippen LogP contribution >= 0.6 is 0 Å². The topological polar surface area (TPSA) is 63.6 Å². The van der Waals surface area contributed by atoms with E-state index >= 15 is 0 Å². The Morgan fingerprint density at radius 1 is 1.37 bits per heavy atom. The summed E-state index contributed by atoms with van der Waals surface area (Å²) in [7, 11) is 1.60. The van der Waals surface area contributed by atoms with E-state index in [0.29, 0.717) is 5.56 Å². The van der Waals surface area contributed by atoms with Crippen LogP contribution in [0, 0.1) is 0 Å². The van der Waals surface area contributed by atoms with Crippen molar-refractivity contribution >= 4 is 12.1 Å². The van der Waals surface area contributed by atoms with Crippen LogP contribution < -0.4 is 10.2 Å². The second-order valence-electron chi connectivity index (χ2n) is 3.72. The van der Waals surface area contributed by atoms with Gasteiger partial charge in [0.05, 0.1) is 18.9 Å². The van der Waals surface area contributed by atoms with Gasteiger partial charge in [0.15, 0.2) is 0 Å². The number of hydrazone groups is 1. The number of carbonyl (C=O) groups is 1. The first-order valence-corrected chi connectivity index (χ1v) is 5.67. The van der Waals surface area contributed by atoms with E-state index in [4.69, 9.17) is 4.74 Å². The Kier molecular flexibility index (Phi) is 4.23. The molecule has 19 heavy (non-hydrogen) atoms. The van der Waals surface area contributed by atoms with Gasteiger partial charge in [-0.3, -0.25) is 9.78 Å². The minimum Gasteiger partial charge on any atom is -0.497 e. The molecular formula is C14H13N3O2. The van der Waals surface area contributed by atoms with Crippen LogP contribution in [0.3, 0.4) is 0 Å². The lowest BCUT2D eigenvalue weighted by molar-refractivity contribution is 0.0955. The number of carbonyl (C=O) groups excluding carboxylic acids is 1. The lowest BCUT2D eigenvalue weighted by Crippen LogP contribution is -2.17. The van der Waals surface area contributed by atoms with Crippen LogP contribution in [0.25, 0.3) is 0 Å². The molecule has 0 fully saturated rings. The van der Waals surface area contributed by atoms with Crippen molar-refractivity contribution in [2.24, 2.45) is 5.10 Å². The van der Waals surface area contributed by atoms with Crippen molar-refractivity contribution < 1.29 is 9.53 Å². The van der Waals surface area contributed by atoms with Crippen LogP contribution in [-0.2, 0) is 0 Å². The fourth-order valence-electron chi connectivity index (χ4n) is 1.45. The average Bonchev–Trinajstić information content (AvgIpc) is 2.48. The molecule has 2 rings (SSSR count). The SMILES string of the molecule is COc1cccc(C=NNC(=O)c2cccnc2)c1. The second-order valence-corrected chi connectivity index (χ2v) is 3.72. The number of methoxy groups -OCH3 is 1. The van der Waals surface area contributed by atoms with Crippen molar-refractivity contribution in [3.63, 3.8) is 0 Å². The molecule has 1 heterocycles. The number of ether oxygens (including phenoxy) is 1. The highest BCUT2D eigenvalue weighted by Gasteiger charge is 2.02. The van der Waals surface area contributed by atoms with E-state index in [-0.39, 0.29) is 5.91 Å². The summed E-state index contributed by atoms with van der Waals surface area (Å²) < 4.78 is 5.09. The largest absolute Gasteiger partial charge is 0.497 e. The molecule has 5 nitrogen and oxygen atoms in total. The van der Waals surface area contributed by atoms with Gasteiger partial charge in [0.25, 0.3) is 5.91 Å². The highest BCUT2D eigenvalue weighted by atomic mass is 16.5. The summed E-state index contributed by atoms with van der Waals surface area (Å²) in [6, 6.07) is 10.7. The molecule has 5 heteroatoms. The third-order valence-electron chi connectivity index (χ3n) is 2.40. The Morgan fingerprint density at radius 2 is 2.26 bits per heavy atom. The number of pyridine rings is 1. The van der Waals surface area contributed by atoms with E-state index in [0.717, 1.165) is 11.3 Å². The van der Waals surface area contributed by atoms with E-state index in [1.807, 2.05) is 24.3 Å². The molecule has 0 aliphatic rings. The van der Waals surface area contributed by atoms with Crippen molar-refractivity contribution in [1.82, 2.24) is 10.4 Å². The summed E-state index contributed by atoms with van der Waals surface area (Å²) >= 11 is 0. The molecule has 0 spiro atoms. The van der Waals surface area contributed by atoms with E-state index in [1.165, 1.54) is 6.20 Å². The van der Waals surface area contributed by atoms with Gasteiger partial charge >= 0.3 is 0 Å². The summed E-state index contributed by atoms with van der Waals surface area (Å²) in [5, 5.41) is 3.89. The maximum absolute atomic E-state index is 11.7. The molecule has 1 N–H and O–H groups in total. The van der Waals surface area contributed by atoms with Crippen molar-refractivity contribution in [1.29, 1.82) is 0 Å². The molecule has 1 aromatic carbocycles. The summed E-state index contributed by atoms with van der Waals surface area (Å²) in [5.74, 6) is 0.440. The highest BCUT2D eigenvalue weighted by Crippen LogP contribution is 2.10. The Bertz CT molecular complexity index is 582. The first-order valence-electron chi connectivity index (χ1n) is 5.67.